The predicted octanol–water partition coefficient (Wildman–Crippen LogP) is 3.05. The largest absolute Gasteiger partial charge is 0.493 e. The van der Waals surface area contributed by atoms with E-state index in [2.05, 4.69) is 16.5 Å². The average Bonchev–Trinajstić information content (AvgIpc) is 3.35. The first kappa shape index (κ1) is 19.5. The molecule has 0 spiro atoms. The molecule has 2 heterocycles. The van der Waals surface area contributed by atoms with Gasteiger partial charge in [0.05, 0.1) is 30.9 Å². The van der Waals surface area contributed by atoms with Crippen LogP contribution in [0.2, 0.25) is 0 Å². The second kappa shape index (κ2) is 8.38. The van der Waals surface area contributed by atoms with Crippen LogP contribution < -0.4 is 4.74 Å². The summed E-state index contributed by atoms with van der Waals surface area (Å²) < 4.78 is 13.6. The Morgan fingerprint density at radius 1 is 1.13 bits per heavy atom. The molecule has 0 N–H and O–H groups in total. The number of nitrogens with zero attached hydrogens (tertiary/aromatic N) is 4. The van der Waals surface area contributed by atoms with Gasteiger partial charge in [-0.15, -0.1) is 5.10 Å². The lowest BCUT2D eigenvalue weighted by molar-refractivity contribution is -0.130. The first-order valence-electron chi connectivity index (χ1n) is 11.1. The van der Waals surface area contributed by atoms with Crippen molar-refractivity contribution in [3.8, 4) is 5.75 Å². The lowest BCUT2D eigenvalue weighted by Gasteiger charge is -2.36. The van der Waals surface area contributed by atoms with Crippen LogP contribution >= 0.6 is 0 Å². The highest BCUT2D eigenvalue weighted by Gasteiger charge is 2.44. The van der Waals surface area contributed by atoms with Gasteiger partial charge < -0.3 is 14.4 Å². The summed E-state index contributed by atoms with van der Waals surface area (Å²) in [5, 5.41) is 8.82. The Hall–Kier alpha value is -2.41. The van der Waals surface area contributed by atoms with Crippen LogP contribution in [-0.2, 0) is 9.53 Å². The van der Waals surface area contributed by atoms with E-state index in [1.165, 1.54) is 12.8 Å². The van der Waals surface area contributed by atoms with Crippen molar-refractivity contribution in [1.29, 1.82) is 0 Å². The first-order valence-corrected chi connectivity index (χ1v) is 11.1. The summed E-state index contributed by atoms with van der Waals surface area (Å²) in [4.78, 5) is 14.8. The number of benzene rings is 1. The summed E-state index contributed by atoms with van der Waals surface area (Å²) in [6.45, 7) is 2.07. The van der Waals surface area contributed by atoms with Crippen molar-refractivity contribution in [3.63, 3.8) is 0 Å². The maximum atomic E-state index is 12.8. The molecule has 2 aliphatic carbocycles. The van der Waals surface area contributed by atoms with Crippen molar-refractivity contribution in [2.24, 2.45) is 11.8 Å². The number of aromatic nitrogens is 3. The number of likely N-dealkylation sites (tertiary alicyclic amines) is 1. The monoisotopic (exact) mass is 410 g/mol. The maximum Gasteiger partial charge on any atom is 0.226 e. The molecule has 0 unspecified atom stereocenters. The van der Waals surface area contributed by atoms with Gasteiger partial charge in [0, 0.05) is 32.3 Å². The van der Waals surface area contributed by atoms with Crippen LogP contribution in [0.25, 0.3) is 0 Å². The second-order valence-electron chi connectivity index (χ2n) is 8.94. The van der Waals surface area contributed by atoms with Crippen LogP contribution in [0.4, 0.5) is 0 Å². The molecule has 3 fully saturated rings. The Morgan fingerprint density at radius 3 is 2.63 bits per heavy atom. The minimum Gasteiger partial charge on any atom is -0.493 e. The molecule has 5 rings (SSSR count). The van der Waals surface area contributed by atoms with Crippen molar-refractivity contribution < 1.29 is 14.3 Å². The number of para-hydroxylation sites is 1. The highest BCUT2D eigenvalue weighted by Crippen LogP contribution is 2.43. The maximum absolute atomic E-state index is 12.8. The van der Waals surface area contributed by atoms with Crippen LogP contribution in [0, 0.1) is 11.8 Å². The molecule has 3 aliphatic rings. The van der Waals surface area contributed by atoms with E-state index in [9.17, 15) is 4.79 Å². The van der Waals surface area contributed by atoms with E-state index in [0.717, 1.165) is 37.4 Å². The minimum absolute atomic E-state index is 0.122. The molecule has 1 aliphatic heterocycles. The lowest BCUT2D eigenvalue weighted by Crippen LogP contribution is -2.37. The molecule has 30 heavy (non-hydrogen) atoms. The third-order valence-electron chi connectivity index (χ3n) is 6.93. The summed E-state index contributed by atoms with van der Waals surface area (Å²) >= 11 is 0. The Balaban J connectivity index is 1.17. The molecule has 0 radical (unpaired) electrons. The summed E-state index contributed by atoms with van der Waals surface area (Å²) in [5.74, 6) is 2.59. The van der Waals surface area contributed by atoms with E-state index in [1.54, 1.807) is 7.11 Å². The van der Waals surface area contributed by atoms with Crippen molar-refractivity contribution in [2.75, 3.05) is 26.8 Å². The third kappa shape index (κ3) is 4.08. The van der Waals surface area contributed by atoms with Crippen molar-refractivity contribution in [1.82, 2.24) is 19.9 Å². The Labute approximate surface area is 177 Å². The fourth-order valence-corrected chi connectivity index (χ4v) is 5.08. The minimum atomic E-state index is 0.122. The van der Waals surface area contributed by atoms with E-state index in [0.29, 0.717) is 30.8 Å². The zero-order valence-corrected chi connectivity index (χ0v) is 17.5. The molecule has 1 aromatic carbocycles. The van der Waals surface area contributed by atoms with E-state index < -0.39 is 0 Å². The molecule has 0 bridgehead atoms. The molecule has 1 saturated heterocycles. The number of amides is 1. The van der Waals surface area contributed by atoms with E-state index >= 15 is 0 Å². The molecule has 2 aromatic rings. The van der Waals surface area contributed by atoms with Crippen molar-refractivity contribution >= 4 is 5.91 Å². The number of hydrogen-bond acceptors (Lipinski definition) is 5. The van der Waals surface area contributed by atoms with Gasteiger partial charge in [0.25, 0.3) is 0 Å². The predicted molar refractivity (Wildman–Crippen MR) is 111 cm³/mol. The molecule has 7 heteroatoms. The number of fused-ring (bicyclic) bond motifs is 1. The van der Waals surface area contributed by atoms with E-state index in [1.807, 2.05) is 39.9 Å². The van der Waals surface area contributed by atoms with Gasteiger partial charge in [-0.05, 0) is 49.7 Å². The number of hydrogen-bond donors (Lipinski definition) is 0. The van der Waals surface area contributed by atoms with Gasteiger partial charge in [0.1, 0.15) is 5.75 Å². The first-order chi connectivity index (χ1) is 14.7. The Bertz CT molecular complexity index is 866. The smallest absolute Gasteiger partial charge is 0.226 e. The van der Waals surface area contributed by atoms with Gasteiger partial charge in [-0.1, -0.05) is 23.4 Å². The average molecular weight is 411 g/mol. The lowest BCUT2D eigenvalue weighted by atomic mass is 9.77. The summed E-state index contributed by atoms with van der Waals surface area (Å²) in [6.07, 6.45) is 7.07. The van der Waals surface area contributed by atoms with Crippen LogP contribution in [-0.4, -0.2) is 58.7 Å². The molecule has 2 saturated carbocycles. The molecule has 160 valence electrons. The van der Waals surface area contributed by atoms with Crippen LogP contribution in [0.5, 0.6) is 5.75 Å². The Morgan fingerprint density at radius 2 is 1.90 bits per heavy atom. The zero-order valence-electron chi connectivity index (χ0n) is 17.5. The molecular weight excluding hydrogens is 380 g/mol. The highest BCUT2D eigenvalue weighted by atomic mass is 16.5. The van der Waals surface area contributed by atoms with Gasteiger partial charge in [-0.2, -0.15) is 0 Å². The fourth-order valence-electron chi connectivity index (χ4n) is 5.08. The van der Waals surface area contributed by atoms with Crippen LogP contribution in [0.3, 0.4) is 0 Å². The zero-order chi connectivity index (χ0) is 20.5. The van der Waals surface area contributed by atoms with Gasteiger partial charge >= 0.3 is 0 Å². The molecule has 1 amide bonds. The molecule has 4 atom stereocenters. The topological polar surface area (TPSA) is 69.5 Å². The van der Waals surface area contributed by atoms with Crippen LogP contribution in [0.1, 0.15) is 49.8 Å². The second-order valence-corrected chi connectivity index (χ2v) is 8.94. The number of rotatable bonds is 7. The summed E-state index contributed by atoms with van der Waals surface area (Å²) in [6, 6.07) is 9.86. The van der Waals surface area contributed by atoms with Crippen LogP contribution in [0.15, 0.2) is 36.5 Å². The van der Waals surface area contributed by atoms with Gasteiger partial charge in [-0.25, -0.2) is 4.68 Å². The summed E-state index contributed by atoms with van der Waals surface area (Å²) in [7, 11) is 1.79. The molecule has 1 aromatic heterocycles. The normalized spacial score (nSPS) is 28.4. The van der Waals surface area contributed by atoms with E-state index in [-0.39, 0.29) is 18.1 Å². The number of ether oxygens (including phenoxy) is 2. The van der Waals surface area contributed by atoms with Gasteiger partial charge in [-0.3, -0.25) is 4.79 Å². The van der Waals surface area contributed by atoms with Gasteiger partial charge in [0.15, 0.2) is 0 Å². The Kier molecular flexibility index (Phi) is 5.46. The van der Waals surface area contributed by atoms with Crippen molar-refractivity contribution in [2.45, 2.75) is 50.2 Å². The number of carbonyl (C=O) groups is 1. The SMILES string of the molecule is CO[C@@H]1C[C@H]2CN(C(=O)CCOc3ccccc3)C[C@H]2C[C@H]1n1cc(C2CC2)nn1. The van der Waals surface area contributed by atoms with Crippen molar-refractivity contribution in [3.05, 3.63) is 42.2 Å². The number of carbonyl (C=O) groups excluding carboxylic acids is 1. The third-order valence-corrected chi connectivity index (χ3v) is 6.93. The molecular formula is C23H30N4O3. The molecule has 7 nitrogen and oxygen atoms in total. The summed E-state index contributed by atoms with van der Waals surface area (Å²) in [5.41, 5.74) is 1.12. The fraction of sp³-hybridized carbons (Fsp3) is 0.609. The van der Waals surface area contributed by atoms with E-state index in [4.69, 9.17) is 9.47 Å². The number of methoxy groups -OCH3 is 1. The standard InChI is InChI=1S/C23H30N4O3/c1-29-22-12-18-14-26(23(28)9-10-30-19-5-3-2-4-6-19)13-17(18)11-21(22)27-15-20(24-25-27)16-7-8-16/h2-6,15-18,21-22H,7-14H2,1H3/t17-,18+,21-,22-/m1/s1. The van der Waals surface area contributed by atoms with Gasteiger partial charge in [0.2, 0.25) is 5.91 Å². The quantitative estimate of drug-likeness (QED) is 0.702. The highest BCUT2D eigenvalue weighted by molar-refractivity contribution is 5.76.